The predicted molar refractivity (Wildman–Crippen MR) is 69.7 cm³/mol. The Kier molecular flexibility index (Phi) is 3.99. The fraction of sp³-hybridized carbons (Fsp3) is 0.833. The number of carbonyl (C=O) groups excluding carboxylic acids is 1. The molecule has 0 radical (unpaired) electrons. The number of nitrogens with one attached hydrogen (secondary N) is 1. The van der Waals surface area contributed by atoms with E-state index in [0.717, 1.165) is 45.1 Å². The van der Waals surface area contributed by atoms with E-state index in [1.807, 2.05) is 0 Å². The van der Waals surface area contributed by atoms with Crippen LogP contribution in [0, 0.1) is 5.92 Å². The first kappa shape index (κ1) is 12.8. The minimum absolute atomic E-state index is 0.0319. The maximum Gasteiger partial charge on any atom is 0.226 e. The average Bonchev–Trinajstić information content (AvgIpc) is 2.80. The summed E-state index contributed by atoms with van der Waals surface area (Å²) in [4.78, 5) is 12.6. The van der Waals surface area contributed by atoms with Gasteiger partial charge in [-0.15, -0.1) is 0 Å². The lowest BCUT2D eigenvalue weighted by atomic mass is 9.94. The molecule has 1 unspecified atom stereocenters. The maximum absolute atomic E-state index is 12.2. The van der Waals surface area contributed by atoms with E-state index in [9.17, 15) is 4.79 Å². The fourth-order valence-corrected chi connectivity index (χ4v) is 2.95. The minimum Gasteiger partial charge on any atom is -0.391 e. The summed E-state index contributed by atoms with van der Waals surface area (Å²) in [6.07, 6.45) is 5.78. The fourth-order valence-electron chi connectivity index (χ4n) is 2.70. The molecule has 1 saturated heterocycles. The molecule has 4 nitrogen and oxygen atoms in total. The highest BCUT2D eigenvalue weighted by Crippen LogP contribution is 2.30. The molecule has 5 heteroatoms. The van der Waals surface area contributed by atoms with E-state index in [4.69, 9.17) is 22.7 Å². The third-order valence-corrected chi connectivity index (χ3v) is 4.21. The molecule has 2 aliphatic rings. The van der Waals surface area contributed by atoms with Gasteiger partial charge < -0.3 is 15.8 Å². The Balaban J connectivity index is 1.98. The van der Waals surface area contributed by atoms with Gasteiger partial charge in [0, 0.05) is 6.61 Å². The van der Waals surface area contributed by atoms with Crippen molar-refractivity contribution in [3.63, 3.8) is 0 Å². The van der Waals surface area contributed by atoms with Crippen LogP contribution < -0.4 is 11.1 Å². The maximum atomic E-state index is 12.2. The molecule has 1 heterocycles. The SMILES string of the molecule is NC(=S)C1(NC(=O)C2CCCOC2)CCCC1. The molecule has 0 spiro atoms. The monoisotopic (exact) mass is 256 g/mol. The molecule has 1 amide bonds. The number of thiocarbonyl (C=S) groups is 1. The van der Waals surface area contributed by atoms with Gasteiger partial charge in [0.2, 0.25) is 5.91 Å². The molecule has 17 heavy (non-hydrogen) atoms. The number of rotatable bonds is 3. The number of carbonyl (C=O) groups is 1. The van der Waals surface area contributed by atoms with Crippen molar-refractivity contribution in [2.45, 2.75) is 44.1 Å². The van der Waals surface area contributed by atoms with E-state index < -0.39 is 5.54 Å². The molecule has 3 N–H and O–H groups in total. The molecule has 0 aromatic carbocycles. The highest BCUT2D eigenvalue weighted by Gasteiger charge is 2.39. The van der Waals surface area contributed by atoms with Crippen LogP contribution in [0.15, 0.2) is 0 Å². The first-order valence-corrected chi connectivity index (χ1v) is 6.74. The Labute approximate surface area is 107 Å². The average molecular weight is 256 g/mol. The van der Waals surface area contributed by atoms with Gasteiger partial charge in [-0.3, -0.25) is 4.79 Å². The van der Waals surface area contributed by atoms with Gasteiger partial charge >= 0.3 is 0 Å². The Morgan fingerprint density at radius 2 is 2.06 bits per heavy atom. The van der Waals surface area contributed by atoms with Gasteiger partial charge in [-0.25, -0.2) is 0 Å². The van der Waals surface area contributed by atoms with E-state index >= 15 is 0 Å². The molecule has 0 aromatic heterocycles. The molecule has 0 aromatic rings. The summed E-state index contributed by atoms with van der Waals surface area (Å²) < 4.78 is 5.34. The number of ether oxygens (including phenoxy) is 1. The van der Waals surface area contributed by atoms with E-state index in [1.165, 1.54) is 0 Å². The Bertz CT molecular complexity index is 308. The van der Waals surface area contributed by atoms with Crippen LogP contribution in [0.2, 0.25) is 0 Å². The molecule has 1 saturated carbocycles. The van der Waals surface area contributed by atoms with E-state index in [0.29, 0.717) is 11.6 Å². The van der Waals surface area contributed by atoms with Gasteiger partial charge in [0.1, 0.15) is 0 Å². The van der Waals surface area contributed by atoms with Crippen molar-refractivity contribution in [1.29, 1.82) is 0 Å². The normalized spacial score (nSPS) is 27.6. The van der Waals surface area contributed by atoms with Crippen LogP contribution in [0.4, 0.5) is 0 Å². The second kappa shape index (κ2) is 5.31. The van der Waals surface area contributed by atoms with E-state index in [2.05, 4.69) is 5.32 Å². The number of hydrogen-bond acceptors (Lipinski definition) is 3. The summed E-state index contributed by atoms with van der Waals surface area (Å²) >= 11 is 5.12. The van der Waals surface area contributed by atoms with Crippen LogP contribution in [-0.2, 0) is 9.53 Å². The summed E-state index contributed by atoms with van der Waals surface area (Å²) in [5.41, 5.74) is 5.37. The standard InChI is InChI=1S/C12H20N2O2S/c13-11(17)12(5-1-2-6-12)14-10(15)9-4-3-7-16-8-9/h9H,1-8H2,(H2,13,17)(H,14,15). The molecule has 1 aliphatic heterocycles. The second-order valence-electron chi connectivity index (χ2n) is 5.06. The number of amides is 1. The van der Waals surface area contributed by atoms with Crippen molar-refractivity contribution in [1.82, 2.24) is 5.32 Å². The molecular weight excluding hydrogens is 236 g/mol. The van der Waals surface area contributed by atoms with Crippen molar-refractivity contribution in [2.75, 3.05) is 13.2 Å². The van der Waals surface area contributed by atoms with Gasteiger partial charge in [-0.2, -0.15) is 0 Å². The molecular formula is C12H20N2O2S. The van der Waals surface area contributed by atoms with Crippen LogP contribution in [0.25, 0.3) is 0 Å². The lowest BCUT2D eigenvalue weighted by Crippen LogP contribution is -2.56. The van der Waals surface area contributed by atoms with Gasteiger partial charge in [0.15, 0.2) is 0 Å². The quantitative estimate of drug-likeness (QED) is 0.743. The molecule has 2 rings (SSSR count). The Hall–Kier alpha value is -0.680. The first-order chi connectivity index (χ1) is 8.14. The van der Waals surface area contributed by atoms with Gasteiger partial charge in [-0.05, 0) is 25.7 Å². The van der Waals surface area contributed by atoms with Crippen molar-refractivity contribution in [3.05, 3.63) is 0 Å². The zero-order valence-electron chi connectivity index (χ0n) is 10.0. The molecule has 2 fully saturated rings. The second-order valence-corrected chi connectivity index (χ2v) is 5.50. The summed E-state index contributed by atoms with van der Waals surface area (Å²) in [7, 11) is 0. The topological polar surface area (TPSA) is 64.3 Å². The highest BCUT2D eigenvalue weighted by atomic mass is 32.1. The van der Waals surface area contributed by atoms with Crippen LogP contribution in [0.5, 0.6) is 0 Å². The van der Waals surface area contributed by atoms with E-state index in [1.54, 1.807) is 0 Å². The third-order valence-electron chi connectivity index (χ3n) is 3.82. The van der Waals surface area contributed by atoms with Crippen LogP contribution >= 0.6 is 12.2 Å². The van der Waals surface area contributed by atoms with Gasteiger partial charge in [-0.1, -0.05) is 25.1 Å². The summed E-state index contributed by atoms with van der Waals surface area (Å²) in [5.74, 6) is 0.0231. The van der Waals surface area contributed by atoms with Crippen molar-refractivity contribution in [3.8, 4) is 0 Å². The van der Waals surface area contributed by atoms with Crippen molar-refractivity contribution < 1.29 is 9.53 Å². The van der Waals surface area contributed by atoms with Crippen molar-refractivity contribution >= 4 is 23.1 Å². The van der Waals surface area contributed by atoms with Crippen LogP contribution in [-0.4, -0.2) is 29.6 Å². The Morgan fingerprint density at radius 3 is 2.59 bits per heavy atom. The smallest absolute Gasteiger partial charge is 0.226 e. The van der Waals surface area contributed by atoms with Gasteiger partial charge in [0.05, 0.1) is 23.1 Å². The predicted octanol–water partition coefficient (Wildman–Crippen LogP) is 1.13. The van der Waals surface area contributed by atoms with Crippen LogP contribution in [0.3, 0.4) is 0 Å². The lowest BCUT2D eigenvalue weighted by Gasteiger charge is -2.32. The molecule has 1 atom stereocenters. The van der Waals surface area contributed by atoms with E-state index in [-0.39, 0.29) is 11.8 Å². The zero-order valence-corrected chi connectivity index (χ0v) is 10.9. The summed E-state index contributed by atoms with van der Waals surface area (Å²) in [6.45, 7) is 1.30. The first-order valence-electron chi connectivity index (χ1n) is 6.34. The van der Waals surface area contributed by atoms with Crippen molar-refractivity contribution in [2.24, 2.45) is 11.7 Å². The zero-order chi connectivity index (χ0) is 12.3. The molecule has 1 aliphatic carbocycles. The summed E-state index contributed by atoms with van der Waals surface area (Å²) in [6, 6.07) is 0. The summed E-state index contributed by atoms with van der Waals surface area (Å²) in [5, 5.41) is 3.08. The molecule has 0 bridgehead atoms. The number of nitrogens with two attached hydrogens (primary N) is 1. The highest BCUT2D eigenvalue weighted by molar-refractivity contribution is 7.80. The largest absolute Gasteiger partial charge is 0.391 e. The molecule has 96 valence electrons. The Morgan fingerprint density at radius 1 is 1.35 bits per heavy atom. The number of hydrogen-bond donors (Lipinski definition) is 2. The van der Waals surface area contributed by atoms with Gasteiger partial charge in [0.25, 0.3) is 0 Å². The third kappa shape index (κ3) is 2.77. The minimum atomic E-state index is -0.427. The van der Waals surface area contributed by atoms with Crippen LogP contribution in [0.1, 0.15) is 38.5 Å². The lowest BCUT2D eigenvalue weighted by molar-refractivity contribution is -0.130.